The SMILES string of the molecule is CC(=NNC(=O)c1ccc(C(=O)O)cc1)c1nn(C)c(-c2ccc(C)c(C)c2)c1O. The van der Waals surface area contributed by atoms with Crippen LogP contribution in [0.2, 0.25) is 0 Å². The minimum absolute atomic E-state index is 0.0259. The fraction of sp³-hybridized carbons (Fsp3) is 0.182. The first kappa shape index (κ1) is 20.8. The maximum absolute atomic E-state index is 12.3. The Hall–Kier alpha value is -3.94. The summed E-state index contributed by atoms with van der Waals surface area (Å²) in [4.78, 5) is 23.2. The van der Waals surface area contributed by atoms with Crippen molar-refractivity contribution in [1.82, 2.24) is 15.2 Å². The first-order valence-corrected chi connectivity index (χ1v) is 9.21. The van der Waals surface area contributed by atoms with Crippen molar-refractivity contribution in [3.63, 3.8) is 0 Å². The van der Waals surface area contributed by atoms with Crippen molar-refractivity contribution in [2.75, 3.05) is 0 Å². The number of carboxylic acids is 1. The largest absolute Gasteiger partial charge is 0.504 e. The Morgan fingerprint density at radius 1 is 1.03 bits per heavy atom. The molecule has 30 heavy (non-hydrogen) atoms. The van der Waals surface area contributed by atoms with Crippen molar-refractivity contribution >= 4 is 17.6 Å². The molecule has 0 fully saturated rings. The molecule has 1 heterocycles. The number of aromatic nitrogens is 2. The van der Waals surface area contributed by atoms with Crippen LogP contribution in [-0.2, 0) is 7.05 Å². The minimum atomic E-state index is -1.07. The number of hydrazone groups is 1. The van der Waals surface area contributed by atoms with Crippen LogP contribution in [0.15, 0.2) is 47.6 Å². The molecule has 1 amide bonds. The van der Waals surface area contributed by atoms with Crippen LogP contribution in [-0.4, -0.2) is 37.6 Å². The third-order valence-corrected chi connectivity index (χ3v) is 4.86. The molecule has 0 bridgehead atoms. The number of amides is 1. The zero-order valence-corrected chi connectivity index (χ0v) is 17.1. The van der Waals surface area contributed by atoms with Crippen LogP contribution in [0.3, 0.4) is 0 Å². The van der Waals surface area contributed by atoms with Gasteiger partial charge in [0.2, 0.25) is 0 Å². The number of benzene rings is 2. The molecular weight excluding hydrogens is 384 g/mol. The van der Waals surface area contributed by atoms with Gasteiger partial charge in [0.25, 0.3) is 5.91 Å². The Morgan fingerprint density at radius 3 is 2.27 bits per heavy atom. The lowest BCUT2D eigenvalue weighted by molar-refractivity contribution is 0.0696. The Balaban J connectivity index is 1.83. The standard InChI is InChI=1S/C22H22N4O4/c1-12-5-6-17(11-13(12)2)19-20(27)18(25-26(19)4)14(3)23-24-21(28)15-7-9-16(10-8-15)22(29)30/h5-11,27H,1-4H3,(H,24,28)(H,29,30). The molecule has 0 aliphatic carbocycles. The highest BCUT2D eigenvalue weighted by Crippen LogP contribution is 2.33. The van der Waals surface area contributed by atoms with Gasteiger partial charge >= 0.3 is 5.97 Å². The summed E-state index contributed by atoms with van der Waals surface area (Å²) in [5.41, 5.74) is 6.96. The van der Waals surface area contributed by atoms with Gasteiger partial charge in [-0.15, -0.1) is 0 Å². The van der Waals surface area contributed by atoms with Gasteiger partial charge in [-0.1, -0.05) is 12.1 Å². The highest BCUT2D eigenvalue weighted by atomic mass is 16.4. The van der Waals surface area contributed by atoms with E-state index in [-0.39, 0.29) is 22.6 Å². The molecule has 3 aromatic rings. The summed E-state index contributed by atoms with van der Waals surface area (Å²) < 4.78 is 1.57. The van der Waals surface area contributed by atoms with Crippen molar-refractivity contribution in [2.45, 2.75) is 20.8 Å². The van der Waals surface area contributed by atoms with E-state index in [0.29, 0.717) is 11.4 Å². The Labute approximate surface area is 173 Å². The molecule has 0 aliphatic heterocycles. The van der Waals surface area contributed by atoms with Gasteiger partial charge in [0.05, 0.1) is 11.3 Å². The van der Waals surface area contributed by atoms with E-state index < -0.39 is 11.9 Å². The second kappa shape index (κ2) is 8.20. The molecule has 154 valence electrons. The van der Waals surface area contributed by atoms with Gasteiger partial charge in [-0.05, 0) is 62.2 Å². The number of hydrogen-bond donors (Lipinski definition) is 3. The van der Waals surface area contributed by atoms with Crippen molar-refractivity contribution < 1.29 is 19.8 Å². The number of carbonyl (C=O) groups excluding carboxylic acids is 1. The summed E-state index contributed by atoms with van der Waals surface area (Å²) in [5.74, 6) is -1.60. The van der Waals surface area contributed by atoms with Gasteiger partial charge in [-0.3, -0.25) is 9.48 Å². The maximum atomic E-state index is 12.3. The lowest BCUT2D eigenvalue weighted by atomic mass is 10.0. The van der Waals surface area contributed by atoms with E-state index in [1.165, 1.54) is 24.3 Å². The van der Waals surface area contributed by atoms with E-state index in [1.807, 2.05) is 32.0 Å². The second-order valence-corrected chi connectivity index (χ2v) is 6.99. The number of hydrogen-bond acceptors (Lipinski definition) is 5. The zero-order valence-electron chi connectivity index (χ0n) is 17.1. The quantitative estimate of drug-likeness (QED) is 0.444. The molecule has 0 spiro atoms. The average molecular weight is 406 g/mol. The maximum Gasteiger partial charge on any atom is 0.335 e. The van der Waals surface area contributed by atoms with Crippen LogP contribution in [0.1, 0.15) is 44.5 Å². The highest BCUT2D eigenvalue weighted by Gasteiger charge is 2.19. The van der Waals surface area contributed by atoms with Gasteiger partial charge in [0, 0.05) is 18.2 Å². The van der Waals surface area contributed by atoms with E-state index in [0.717, 1.165) is 16.7 Å². The first-order valence-electron chi connectivity index (χ1n) is 9.21. The number of aromatic hydroxyl groups is 1. The first-order chi connectivity index (χ1) is 14.2. The molecule has 8 nitrogen and oxygen atoms in total. The molecular formula is C22H22N4O4. The van der Waals surface area contributed by atoms with Crippen molar-refractivity contribution in [3.8, 4) is 17.0 Å². The van der Waals surface area contributed by atoms with Crippen LogP contribution >= 0.6 is 0 Å². The van der Waals surface area contributed by atoms with Gasteiger partial charge in [0.1, 0.15) is 5.69 Å². The van der Waals surface area contributed by atoms with E-state index in [1.54, 1.807) is 18.7 Å². The minimum Gasteiger partial charge on any atom is -0.504 e. The smallest absolute Gasteiger partial charge is 0.335 e. The van der Waals surface area contributed by atoms with Gasteiger partial charge < -0.3 is 10.2 Å². The molecule has 0 atom stereocenters. The van der Waals surface area contributed by atoms with Crippen LogP contribution in [0.5, 0.6) is 5.75 Å². The van der Waals surface area contributed by atoms with Crippen LogP contribution in [0.25, 0.3) is 11.3 Å². The molecule has 0 aliphatic rings. The number of nitrogens with one attached hydrogen (secondary N) is 1. The van der Waals surface area contributed by atoms with E-state index in [2.05, 4.69) is 15.6 Å². The normalized spacial score (nSPS) is 11.4. The monoisotopic (exact) mass is 406 g/mol. The number of aromatic carboxylic acids is 1. The molecule has 0 saturated carbocycles. The number of carboxylic acid groups (broad SMARTS) is 1. The van der Waals surface area contributed by atoms with Crippen LogP contribution in [0, 0.1) is 13.8 Å². The third-order valence-electron chi connectivity index (χ3n) is 4.86. The number of nitrogens with zero attached hydrogens (tertiary/aromatic N) is 3. The van der Waals surface area contributed by atoms with Gasteiger partial charge in [0.15, 0.2) is 11.4 Å². The van der Waals surface area contributed by atoms with Gasteiger partial charge in [-0.2, -0.15) is 10.2 Å². The van der Waals surface area contributed by atoms with Crippen molar-refractivity contribution in [2.24, 2.45) is 12.1 Å². The molecule has 8 heteroatoms. The number of rotatable bonds is 5. The lowest BCUT2D eigenvalue weighted by Crippen LogP contribution is -2.19. The summed E-state index contributed by atoms with van der Waals surface area (Å²) in [7, 11) is 1.73. The second-order valence-electron chi connectivity index (χ2n) is 6.99. The summed E-state index contributed by atoms with van der Waals surface area (Å²) >= 11 is 0. The summed E-state index contributed by atoms with van der Waals surface area (Å²) in [5, 5.41) is 28.0. The molecule has 2 aromatic carbocycles. The van der Waals surface area contributed by atoms with Crippen molar-refractivity contribution in [3.05, 3.63) is 70.4 Å². The summed E-state index contributed by atoms with van der Waals surface area (Å²) in [6.45, 7) is 5.64. The molecule has 3 N–H and O–H groups in total. The number of aryl methyl sites for hydroxylation is 3. The Kier molecular flexibility index (Phi) is 5.68. The average Bonchev–Trinajstić information content (AvgIpc) is 3.02. The lowest BCUT2D eigenvalue weighted by Gasteiger charge is -2.06. The topological polar surface area (TPSA) is 117 Å². The van der Waals surface area contributed by atoms with Gasteiger partial charge in [-0.25, -0.2) is 10.2 Å². The zero-order chi connectivity index (χ0) is 22.0. The molecule has 0 saturated heterocycles. The summed E-state index contributed by atoms with van der Waals surface area (Å²) in [6, 6.07) is 11.4. The predicted molar refractivity (Wildman–Crippen MR) is 113 cm³/mol. The van der Waals surface area contributed by atoms with E-state index in [4.69, 9.17) is 5.11 Å². The van der Waals surface area contributed by atoms with E-state index in [9.17, 15) is 14.7 Å². The van der Waals surface area contributed by atoms with E-state index >= 15 is 0 Å². The Bertz CT molecular complexity index is 1160. The van der Waals surface area contributed by atoms with Crippen LogP contribution in [0.4, 0.5) is 0 Å². The fourth-order valence-corrected chi connectivity index (χ4v) is 2.99. The molecule has 0 radical (unpaired) electrons. The highest BCUT2D eigenvalue weighted by molar-refractivity contribution is 6.02. The third kappa shape index (κ3) is 4.07. The number of carbonyl (C=O) groups is 2. The summed E-state index contributed by atoms with van der Waals surface area (Å²) in [6.07, 6.45) is 0. The predicted octanol–water partition coefficient (Wildman–Crippen LogP) is 3.26. The molecule has 1 aromatic heterocycles. The molecule has 3 rings (SSSR count). The van der Waals surface area contributed by atoms with Crippen LogP contribution < -0.4 is 5.43 Å². The fourth-order valence-electron chi connectivity index (χ4n) is 2.99. The Morgan fingerprint density at radius 2 is 1.67 bits per heavy atom. The molecule has 0 unspecified atom stereocenters. The van der Waals surface area contributed by atoms with Crippen molar-refractivity contribution in [1.29, 1.82) is 0 Å².